The number of hydrogen-bond donors (Lipinski definition) is 0. The van der Waals surface area contributed by atoms with Crippen molar-refractivity contribution in [1.82, 2.24) is 4.98 Å². The lowest BCUT2D eigenvalue weighted by Gasteiger charge is -2.27. The van der Waals surface area contributed by atoms with E-state index in [0.717, 1.165) is 72.1 Å². The molecule has 0 unspecified atom stereocenters. The molecule has 10 aromatic rings. The Balaban J connectivity index is 1.19. The van der Waals surface area contributed by atoms with Gasteiger partial charge >= 0.3 is 0 Å². The van der Waals surface area contributed by atoms with Gasteiger partial charge < -0.3 is 13.7 Å². The minimum atomic E-state index is 0.851. The number of rotatable bonds is 4. The molecule has 4 nitrogen and oxygen atoms in total. The van der Waals surface area contributed by atoms with Crippen molar-refractivity contribution in [3.63, 3.8) is 0 Å². The van der Waals surface area contributed by atoms with Gasteiger partial charge in [0.25, 0.3) is 0 Å². The maximum atomic E-state index is 6.35. The third kappa shape index (κ3) is 3.76. The lowest BCUT2D eigenvalue weighted by Crippen LogP contribution is -2.10. The van der Waals surface area contributed by atoms with Crippen LogP contribution in [0.5, 0.6) is 0 Å². The third-order valence-electron chi connectivity index (χ3n) is 8.97. The highest BCUT2D eigenvalue weighted by molar-refractivity contribution is 7.26. The van der Waals surface area contributed by atoms with Crippen molar-refractivity contribution in [2.75, 3.05) is 4.90 Å². The van der Waals surface area contributed by atoms with E-state index in [1.807, 2.05) is 35.7 Å². The van der Waals surface area contributed by atoms with E-state index in [1.165, 1.54) is 20.2 Å². The predicted octanol–water partition coefficient (Wildman–Crippen LogP) is 12.4. The summed E-state index contributed by atoms with van der Waals surface area (Å²) in [5.41, 5.74) is 8.98. The first-order chi connectivity index (χ1) is 22.8. The fraction of sp³-hybridized carbons (Fsp3) is 0. The molecule has 0 spiro atoms. The van der Waals surface area contributed by atoms with Gasteiger partial charge in [0, 0.05) is 54.4 Å². The zero-order valence-corrected chi connectivity index (χ0v) is 25.3. The standard InChI is InChI=1S/C41H24N2O2S/c1-3-11-34-29(7-1)40-32(9-5-12-36(40)44-34)43(33-10-6-14-39-41(33)30-8-2-4-13-38(30)46-39)27-18-15-25(16-19-27)26-17-20-28-31-24-42-22-21-35(31)45-37(28)23-26/h1-24H. The first-order valence-electron chi connectivity index (χ1n) is 15.3. The largest absolute Gasteiger partial charge is 0.456 e. The average Bonchev–Trinajstić information content (AvgIpc) is 3.80. The number of pyridine rings is 1. The molecule has 0 amide bonds. The third-order valence-corrected chi connectivity index (χ3v) is 10.1. The van der Waals surface area contributed by atoms with Crippen LogP contribution < -0.4 is 4.90 Å². The fourth-order valence-corrected chi connectivity index (χ4v) is 8.02. The van der Waals surface area contributed by atoms with Gasteiger partial charge in [-0.2, -0.15) is 0 Å². The zero-order chi connectivity index (χ0) is 30.2. The highest BCUT2D eigenvalue weighted by Crippen LogP contribution is 2.48. The summed E-state index contributed by atoms with van der Waals surface area (Å²) in [7, 11) is 0. The van der Waals surface area contributed by atoms with E-state index < -0.39 is 0 Å². The van der Waals surface area contributed by atoms with Crippen molar-refractivity contribution in [3.8, 4) is 11.1 Å². The Bertz CT molecular complexity index is 2660. The molecule has 216 valence electrons. The monoisotopic (exact) mass is 608 g/mol. The van der Waals surface area contributed by atoms with Crippen LogP contribution in [-0.2, 0) is 0 Å². The van der Waals surface area contributed by atoms with Gasteiger partial charge in [0.1, 0.15) is 22.3 Å². The topological polar surface area (TPSA) is 42.4 Å². The molecule has 0 atom stereocenters. The molecule has 0 saturated heterocycles. The number of benzene rings is 6. The van der Waals surface area contributed by atoms with Crippen molar-refractivity contribution in [1.29, 1.82) is 0 Å². The Morgan fingerprint density at radius 3 is 2.09 bits per heavy atom. The lowest BCUT2D eigenvalue weighted by atomic mass is 10.0. The summed E-state index contributed by atoms with van der Waals surface area (Å²) in [6, 6.07) is 47.1. The summed E-state index contributed by atoms with van der Waals surface area (Å²) >= 11 is 1.84. The van der Waals surface area contributed by atoms with Gasteiger partial charge in [-0.25, -0.2) is 0 Å². The second kappa shape index (κ2) is 9.80. The molecule has 0 aliphatic heterocycles. The zero-order valence-electron chi connectivity index (χ0n) is 24.5. The quantitative estimate of drug-likeness (QED) is 0.199. The molecule has 0 saturated carbocycles. The van der Waals surface area contributed by atoms with Gasteiger partial charge in [0.15, 0.2) is 0 Å². The van der Waals surface area contributed by atoms with Crippen molar-refractivity contribution >= 4 is 92.4 Å². The summed E-state index contributed by atoms with van der Waals surface area (Å²) in [6.45, 7) is 0. The van der Waals surface area contributed by atoms with Gasteiger partial charge in [0.2, 0.25) is 0 Å². The minimum absolute atomic E-state index is 0.851. The highest BCUT2D eigenvalue weighted by atomic mass is 32.1. The SMILES string of the molecule is c1ccc2c(c1)oc1cccc(N(c3ccc(-c4ccc5c(c4)oc4ccncc45)cc3)c3cccc4sc5ccccc5c34)c12. The molecule has 4 heterocycles. The first-order valence-corrected chi connectivity index (χ1v) is 16.1. The van der Waals surface area contributed by atoms with Crippen LogP contribution in [0.3, 0.4) is 0 Å². The van der Waals surface area contributed by atoms with Crippen molar-refractivity contribution in [3.05, 3.63) is 146 Å². The molecular formula is C41H24N2O2S. The number of nitrogens with zero attached hydrogens (tertiary/aromatic N) is 2. The lowest BCUT2D eigenvalue weighted by molar-refractivity contribution is 0.668. The number of fused-ring (bicyclic) bond motifs is 9. The molecule has 0 radical (unpaired) electrons. The van der Waals surface area contributed by atoms with Gasteiger partial charge in [-0.05, 0) is 77.9 Å². The second-order valence-corrected chi connectivity index (χ2v) is 12.6. The Hall–Kier alpha value is -5.91. The molecule has 5 heteroatoms. The van der Waals surface area contributed by atoms with E-state index in [0.29, 0.717) is 0 Å². The molecule has 6 aromatic carbocycles. The summed E-state index contributed by atoms with van der Waals surface area (Å²) in [5, 5.41) is 6.83. The number of furan rings is 2. The number of anilines is 3. The van der Waals surface area contributed by atoms with Gasteiger partial charge in [-0.1, -0.05) is 66.7 Å². The molecule has 46 heavy (non-hydrogen) atoms. The Morgan fingerprint density at radius 1 is 0.478 bits per heavy atom. The molecule has 4 aromatic heterocycles. The van der Waals surface area contributed by atoms with Crippen LogP contribution in [0.4, 0.5) is 17.1 Å². The minimum Gasteiger partial charge on any atom is -0.456 e. The van der Waals surface area contributed by atoms with Crippen LogP contribution in [0, 0.1) is 0 Å². The van der Waals surface area contributed by atoms with Crippen LogP contribution in [0.2, 0.25) is 0 Å². The average molecular weight is 609 g/mol. The van der Waals surface area contributed by atoms with Crippen LogP contribution in [-0.4, -0.2) is 4.98 Å². The van der Waals surface area contributed by atoms with E-state index in [-0.39, 0.29) is 0 Å². The molecular weight excluding hydrogens is 585 g/mol. The van der Waals surface area contributed by atoms with E-state index >= 15 is 0 Å². The summed E-state index contributed by atoms with van der Waals surface area (Å²) in [6.07, 6.45) is 3.63. The summed E-state index contributed by atoms with van der Waals surface area (Å²) in [4.78, 5) is 6.68. The van der Waals surface area contributed by atoms with Gasteiger partial charge in [-0.15, -0.1) is 11.3 Å². The Morgan fingerprint density at radius 2 is 1.17 bits per heavy atom. The second-order valence-electron chi connectivity index (χ2n) is 11.6. The smallest absolute Gasteiger partial charge is 0.138 e. The van der Waals surface area contributed by atoms with E-state index in [2.05, 4.69) is 125 Å². The molecule has 0 aliphatic carbocycles. The van der Waals surface area contributed by atoms with Gasteiger partial charge in [-0.3, -0.25) is 4.98 Å². The van der Waals surface area contributed by atoms with Crippen LogP contribution >= 0.6 is 11.3 Å². The maximum absolute atomic E-state index is 6.35. The van der Waals surface area contributed by atoms with Gasteiger partial charge in [0.05, 0.1) is 16.8 Å². The Labute approximate surface area is 267 Å². The number of hydrogen-bond acceptors (Lipinski definition) is 5. The number of para-hydroxylation sites is 1. The van der Waals surface area contributed by atoms with Crippen molar-refractivity contribution in [2.24, 2.45) is 0 Å². The normalized spacial score (nSPS) is 11.9. The molecule has 10 rings (SSSR count). The molecule has 0 N–H and O–H groups in total. The fourth-order valence-electron chi connectivity index (χ4n) is 6.90. The summed E-state index contributed by atoms with van der Waals surface area (Å²) < 4.78 is 15.1. The number of thiophene rings is 1. The summed E-state index contributed by atoms with van der Waals surface area (Å²) in [5.74, 6) is 0. The first kappa shape index (κ1) is 25.4. The van der Waals surface area contributed by atoms with Crippen LogP contribution in [0.25, 0.3) is 75.2 Å². The van der Waals surface area contributed by atoms with Crippen molar-refractivity contribution < 1.29 is 8.83 Å². The van der Waals surface area contributed by atoms with E-state index in [4.69, 9.17) is 8.83 Å². The van der Waals surface area contributed by atoms with E-state index in [1.54, 1.807) is 6.20 Å². The van der Waals surface area contributed by atoms with Crippen LogP contribution in [0.15, 0.2) is 155 Å². The predicted molar refractivity (Wildman–Crippen MR) is 192 cm³/mol. The van der Waals surface area contributed by atoms with Crippen molar-refractivity contribution in [2.45, 2.75) is 0 Å². The highest BCUT2D eigenvalue weighted by Gasteiger charge is 2.22. The van der Waals surface area contributed by atoms with E-state index in [9.17, 15) is 0 Å². The van der Waals surface area contributed by atoms with Crippen LogP contribution in [0.1, 0.15) is 0 Å². The molecule has 0 aliphatic rings. The Kier molecular flexibility index (Phi) is 5.41. The molecule has 0 bridgehead atoms. The number of aromatic nitrogens is 1. The molecule has 0 fully saturated rings. The maximum Gasteiger partial charge on any atom is 0.138 e.